The summed E-state index contributed by atoms with van der Waals surface area (Å²) in [5.74, 6) is 1.90. The normalized spacial score (nSPS) is 36.1. The van der Waals surface area contributed by atoms with Crippen LogP contribution in [0.4, 0.5) is 0 Å². The summed E-state index contributed by atoms with van der Waals surface area (Å²) >= 11 is 0. The highest BCUT2D eigenvalue weighted by Gasteiger charge is 2.59. The number of unbranched alkanes of at least 4 members (excludes halogenated alkanes) is 1. The molecule has 0 aromatic heterocycles. The van der Waals surface area contributed by atoms with Crippen molar-refractivity contribution in [2.45, 2.75) is 51.9 Å². The number of hydrogen-bond acceptors (Lipinski definition) is 3. The highest BCUT2D eigenvalue weighted by molar-refractivity contribution is 6.04. The maximum absolute atomic E-state index is 12.9. The van der Waals surface area contributed by atoms with Crippen molar-refractivity contribution in [1.29, 1.82) is 0 Å². The summed E-state index contributed by atoms with van der Waals surface area (Å²) < 4.78 is 5.33. The molecule has 5 rings (SSSR count). The summed E-state index contributed by atoms with van der Waals surface area (Å²) in [5.41, 5.74) is 3.09. The summed E-state index contributed by atoms with van der Waals surface area (Å²) in [7, 11) is 1.68. The summed E-state index contributed by atoms with van der Waals surface area (Å²) in [6.45, 7) is 2.26. The van der Waals surface area contributed by atoms with Gasteiger partial charge < -0.3 is 10.1 Å². The number of carbonyl (C=O) groups excluding carboxylic acids is 1. The van der Waals surface area contributed by atoms with Crippen LogP contribution in [-0.4, -0.2) is 19.2 Å². The SMILES string of the molecule is CCCCC12C=CC(C3=CC4CC4(C(=O)NC4=CCCC(OC)=C4)C=N3)=CC1C2.[HH]. The van der Waals surface area contributed by atoms with Gasteiger partial charge in [0, 0.05) is 25.7 Å². The molecular formula is C25H32N2O2. The molecule has 1 amide bonds. The van der Waals surface area contributed by atoms with Crippen molar-refractivity contribution in [2.75, 3.05) is 7.11 Å². The summed E-state index contributed by atoms with van der Waals surface area (Å²) in [6, 6.07) is 0. The van der Waals surface area contributed by atoms with Gasteiger partial charge in [-0.15, -0.1) is 0 Å². The van der Waals surface area contributed by atoms with Gasteiger partial charge in [-0.1, -0.05) is 50.1 Å². The second-order valence-electron chi connectivity index (χ2n) is 9.23. The third-order valence-electron chi connectivity index (χ3n) is 7.31. The van der Waals surface area contributed by atoms with Gasteiger partial charge in [0.05, 0.1) is 24.0 Å². The average molecular weight is 393 g/mol. The standard InChI is InChI=1S/C25H30N2O2.H2/c1-3-4-9-24-10-8-17(11-18(24)14-24)22-12-19-15-25(19,16-26-22)23(28)27-20-6-5-7-21(13-20)29-2;/h6,8,10-13,16,18-19H,3-5,7,9,14-15H2,1-2H3,(H,27,28);1H. The predicted octanol–water partition coefficient (Wildman–Crippen LogP) is 5.22. The lowest BCUT2D eigenvalue weighted by Crippen LogP contribution is -2.34. The Hall–Kier alpha value is -2.36. The molecule has 2 saturated carbocycles. The molecule has 1 N–H and O–H groups in total. The van der Waals surface area contributed by atoms with Crippen molar-refractivity contribution in [2.24, 2.45) is 27.7 Å². The van der Waals surface area contributed by atoms with E-state index in [1.54, 1.807) is 7.11 Å². The van der Waals surface area contributed by atoms with E-state index in [0.29, 0.717) is 11.3 Å². The molecule has 0 saturated heterocycles. The van der Waals surface area contributed by atoms with Gasteiger partial charge in [0.1, 0.15) is 0 Å². The molecule has 0 spiro atoms. The lowest BCUT2D eigenvalue weighted by Gasteiger charge is -2.20. The number of amides is 1. The number of allylic oxidation sites excluding steroid dienone is 7. The van der Waals surface area contributed by atoms with Crippen LogP contribution in [0, 0.1) is 22.7 Å². The number of nitrogens with zero attached hydrogens (tertiary/aromatic N) is 1. The third-order valence-corrected chi connectivity index (χ3v) is 7.31. The van der Waals surface area contributed by atoms with Crippen molar-refractivity contribution in [1.82, 2.24) is 5.32 Å². The predicted molar refractivity (Wildman–Crippen MR) is 117 cm³/mol. The van der Waals surface area contributed by atoms with Gasteiger partial charge in [0.25, 0.3) is 0 Å². The molecule has 4 atom stereocenters. The highest BCUT2D eigenvalue weighted by atomic mass is 16.5. The average Bonchev–Trinajstić information content (AvgIpc) is 3.64. The van der Waals surface area contributed by atoms with Crippen molar-refractivity contribution in [3.05, 3.63) is 59.2 Å². The highest BCUT2D eigenvalue weighted by Crippen LogP contribution is 2.61. The number of carbonyl (C=O) groups is 1. The number of fused-ring (bicyclic) bond motifs is 2. The molecule has 1 heterocycles. The van der Waals surface area contributed by atoms with E-state index in [1.165, 1.54) is 31.3 Å². The quantitative estimate of drug-likeness (QED) is 0.645. The van der Waals surface area contributed by atoms with Gasteiger partial charge in [0.2, 0.25) is 5.91 Å². The molecular weight excluding hydrogens is 360 g/mol. The van der Waals surface area contributed by atoms with Gasteiger partial charge in [-0.2, -0.15) is 0 Å². The first-order valence-electron chi connectivity index (χ1n) is 11.0. The first-order valence-corrected chi connectivity index (χ1v) is 11.0. The molecule has 5 aliphatic rings. The van der Waals surface area contributed by atoms with Gasteiger partial charge in [0.15, 0.2) is 0 Å². The van der Waals surface area contributed by atoms with Gasteiger partial charge >= 0.3 is 0 Å². The topological polar surface area (TPSA) is 50.7 Å². The van der Waals surface area contributed by atoms with Crippen molar-refractivity contribution < 1.29 is 11.0 Å². The first-order chi connectivity index (χ1) is 14.1. The molecule has 2 fully saturated rings. The molecule has 154 valence electrons. The first kappa shape index (κ1) is 18.7. The second-order valence-corrected chi connectivity index (χ2v) is 9.23. The zero-order valence-corrected chi connectivity index (χ0v) is 17.4. The molecule has 1 aliphatic heterocycles. The second kappa shape index (κ2) is 6.86. The Morgan fingerprint density at radius 3 is 3.00 bits per heavy atom. The van der Waals surface area contributed by atoms with Crippen molar-refractivity contribution >= 4 is 12.1 Å². The van der Waals surface area contributed by atoms with Crippen LogP contribution < -0.4 is 5.32 Å². The van der Waals surface area contributed by atoms with E-state index in [9.17, 15) is 4.79 Å². The zero-order valence-electron chi connectivity index (χ0n) is 17.4. The van der Waals surface area contributed by atoms with Gasteiger partial charge in [-0.05, 0) is 48.7 Å². The summed E-state index contributed by atoms with van der Waals surface area (Å²) in [6.07, 6.45) is 23.0. The molecule has 29 heavy (non-hydrogen) atoms. The van der Waals surface area contributed by atoms with Crippen LogP contribution in [0.15, 0.2) is 64.2 Å². The third kappa shape index (κ3) is 3.23. The maximum Gasteiger partial charge on any atom is 0.236 e. The number of nitrogens with one attached hydrogen (secondary N) is 1. The molecule has 4 aliphatic carbocycles. The van der Waals surface area contributed by atoms with Crippen LogP contribution in [0.25, 0.3) is 0 Å². The van der Waals surface area contributed by atoms with E-state index in [4.69, 9.17) is 9.73 Å². The Balaban J connectivity index is 0.00000218. The van der Waals surface area contributed by atoms with Crippen LogP contribution in [-0.2, 0) is 9.53 Å². The number of rotatable bonds is 7. The Morgan fingerprint density at radius 2 is 2.24 bits per heavy atom. The monoisotopic (exact) mass is 392 g/mol. The van der Waals surface area contributed by atoms with Gasteiger partial charge in [-0.25, -0.2) is 0 Å². The largest absolute Gasteiger partial charge is 0.501 e. The Labute approximate surface area is 174 Å². The minimum Gasteiger partial charge on any atom is -0.501 e. The van der Waals surface area contributed by atoms with Crippen LogP contribution in [0.5, 0.6) is 0 Å². The van der Waals surface area contributed by atoms with Crippen molar-refractivity contribution in [3.8, 4) is 0 Å². The van der Waals surface area contributed by atoms with E-state index >= 15 is 0 Å². The number of ether oxygens (including phenoxy) is 1. The van der Waals surface area contributed by atoms with Crippen molar-refractivity contribution in [3.63, 3.8) is 0 Å². The smallest absolute Gasteiger partial charge is 0.236 e. The van der Waals surface area contributed by atoms with E-state index < -0.39 is 5.41 Å². The Bertz CT molecular complexity index is 925. The fourth-order valence-electron chi connectivity index (χ4n) is 5.08. The Kier molecular flexibility index (Phi) is 4.41. The zero-order chi connectivity index (χ0) is 20.1. The van der Waals surface area contributed by atoms with Crippen LogP contribution >= 0.6 is 0 Å². The number of methoxy groups -OCH3 is 1. The van der Waals surface area contributed by atoms with E-state index in [1.807, 2.05) is 12.3 Å². The van der Waals surface area contributed by atoms with Crippen LogP contribution in [0.1, 0.15) is 53.3 Å². The summed E-state index contributed by atoms with van der Waals surface area (Å²) in [5, 5.41) is 3.08. The van der Waals surface area contributed by atoms with Crippen LogP contribution in [0.3, 0.4) is 0 Å². The van der Waals surface area contributed by atoms with E-state index in [2.05, 4.69) is 42.6 Å². The molecule has 0 aromatic rings. The number of aliphatic imine (C=N–C) groups is 1. The maximum atomic E-state index is 12.9. The minimum atomic E-state index is -0.466. The fourth-order valence-corrected chi connectivity index (χ4v) is 5.08. The van der Waals surface area contributed by atoms with Crippen LogP contribution in [0.2, 0.25) is 0 Å². The molecule has 0 aromatic carbocycles. The van der Waals surface area contributed by atoms with E-state index in [-0.39, 0.29) is 13.3 Å². The molecule has 4 heteroatoms. The lowest BCUT2D eigenvalue weighted by atomic mass is 9.89. The molecule has 0 radical (unpaired) electrons. The molecule has 4 unspecified atom stereocenters. The minimum absolute atomic E-state index is 0. The Morgan fingerprint density at radius 1 is 1.34 bits per heavy atom. The lowest BCUT2D eigenvalue weighted by molar-refractivity contribution is -0.123. The van der Waals surface area contributed by atoms with Gasteiger partial charge in [-0.3, -0.25) is 9.79 Å². The molecule has 0 bridgehead atoms. The number of hydrogen-bond donors (Lipinski definition) is 1. The summed E-state index contributed by atoms with van der Waals surface area (Å²) in [4.78, 5) is 17.7. The fraction of sp³-hybridized carbons (Fsp3) is 0.520. The van der Waals surface area contributed by atoms with E-state index in [0.717, 1.165) is 36.4 Å². The molecule has 4 nitrogen and oxygen atoms in total.